The summed E-state index contributed by atoms with van der Waals surface area (Å²) >= 11 is 0. The highest BCUT2D eigenvalue weighted by molar-refractivity contribution is 5.86. The van der Waals surface area contributed by atoms with Gasteiger partial charge in [-0.25, -0.2) is 0 Å². The Morgan fingerprint density at radius 1 is 0.276 bits per heavy atom. The van der Waals surface area contributed by atoms with Gasteiger partial charge in [0.15, 0.2) is 0 Å². The van der Waals surface area contributed by atoms with Crippen LogP contribution < -0.4 is 9.80 Å². The van der Waals surface area contributed by atoms with Crippen molar-refractivity contribution in [3.05, 3.63) is 276 Å². The molecule has 0 aliphatic heterocycles. The van der Waals surface area contributed by atoms with E-state index in [1.165, 1.54) is 44.5 Å². The van der Waals surface area contributed by atoms with E-state index in [1.807, 2.05) is 30.9 Å². The molecule has 0 spiro atoms. The molecule has 274 valence electrons. The molecule has 12 rings (SSSR count). The lowest BCUT2D eigenvalue weighted by atomic mass is 9.44. The minimum Gasteiger partial charge on any atom is -0.310 e. The summed E-state index contributed by atoms with van der Waals surface area (Å²) in [6.07, 6.45) is 7.51. The van der Waals surface area contributed by atoms with Gasteiger partial charge in [0.25, 0.3) is 0 Å². The first-order valence-electron chi connectivity index (χ1n) is 19.8. The van der Waals surface area contributed by atoms with Crippen molar-refractivity contribution in [2.75, 3.05) is 9.80 Å². The highest BCUT2D eigenvalue weighted by atomic mass is 15.2. The molecule has 4 heteroatoms. The summed E-state index contributed by atoms with van der Waals surface area (Å²) in [5.74, 6) is 0. The highest BCUT2D eigenvalue weighted by Crippen LogP contribution is 2.66. The van der Waals surface area contributed by atoms with Crippen LogP contribution in [0.25, 0.3) is 0 Å². The number of nitrogens with zero attached hydrogens (tertiary/aromatic N) is 4. The van der Waals surface area contributed by atoms with Gasteiger partial charge in [0.1, 0.15) is 0 Å². The number of anilines is 6. The summed E-state index contributed by atoms with van der Waals surface area (Å²) in [5, 5.41) is 0. The molecule has 7 aromatic carbocycles. The van der Waals surface area contributed by atoms with E-state index in [4.69, 9.17) is 0 Å². The lowest BCUT2D eigenvalue weighted by Gasteiger charge is -2.57. The second-order valence-electron chi connectivity index (χ2n) is 15.0. The molecule has 0 saturated carbocycles. The van der Waals surface area contributed by atoms with Crippen molar-refractivity contribution in [3.8, 4) is 0 Å². The Morgan fingerprint density at radius 2 is 0.724 bits per heavy atom. The van der Waals surface area contributed by atoms with Crippen LogP contribution in [-0.4, -0.2) is 9.97 Å². The first-order valence-corrected chi connectivity index (χ1v) is 19.8. The van der Waals surface area contributed by atoms with Gasteiger partial charge in [0.05, 0.1) is 22.7 Å². The average molecular weight is 743 g/mol. The van der Waals surface area contributed by atoms with E-state index in [2.05, 4.69) is 220 Å². The fourth-order valence-electron chi connectivity index (χ4n) is 9.98. The maximum atomic E-state index is 4.57. The zero-order valence-corrected chi connectivity index (χ0v) is 31.7. The van der Waals surface area contributed by atoms with Crippen LogP contribution in [0.4, 0.5) is 34.1 Å². The fraction of sp³-hybridized carbons (Fsp3) is 0.0370. The van der Waals surface area contributed by atoms with E-state index in [1.54, 1.807) is 0 Å². The van der Waals surface area contributed by atoms with Crippen molar-refractivity contribution < 1.29 is 0 Å². The van der Waals surface area contributed by atoms with Crippen LogP contribution >= 0.6 is 0 Å². The summed E-state index contributed by atoms with van der Waals surface area (Å²) in [7, 11) is 0. The van der Waals surface area contributed by atoms with Crippen LogP contribution in [-0.2, 0) is 10.8 Å². The van der Waals surface area contributed by atoms with Gasteiger partial charge in [-0.1, -0.05) is 133 Å². The van der Waals surface area contributed by atoms with Crippen molar-refractivity contribution in [3.63, 3.8) is 0 Å². The second kappa shape index (κ2) is 13.6. The molecule has 3 aliphatic carbocycles. The largest absolute Gasteiger partial charge is 0.310 e. The lowest BCUT2D eigenvalue weighted by Crippen LogP contribution is -2.52. The third-order valence-corrected chi connectivity index (χ3v) is 12.1. The van der Waals surface area contributed by atoms with Crippen molar-refractivity contribution in [2.24, 2.45) is 0 Å². The Morgan fingerprint density at radius 3 is 1.31 bits per heavy atom. The van der Waals surface area contributed by atoms with Gasteiger partial charge >= 0.3 is 0 Å². The number of benzene rings is 7. The monoisotopic (exact) mass is 742 g/mol. The highest BCUT2D eigenvalue weighted by Gasteiger charge is 2.60. The molecule has 0 N–H and O–H groups in total. The Labute approximate surface area is 339 Å². The number of aromatic nitrogens is 2. The molecule has 0 unspecified atom stereocenters. The van der Waals surface area contributed by atoms with E-state index >= 15 is 0 Å². The van der Waals surface area contributed by atoms with E-state index in [0.29, 0.717) is 0 Å². The number of hydrogen-bond donors (Lipinski definition) is 0. The molecule has 0 radical (unpaired) electrons. The molecule has 0 fully saturated rings. The number of hydrogen-bond acceptors (Lipinski definition) is 4. The van der Waals surface area contributed by atoms with Crippen molar-refractivity contribution >= 4 is 34.1 Å². The fourth-order valence-corrected chi connectivity index (χ4v) is 9.98. The number of pyridine rings is 2. The molecular weight excluding hydrogens is 705 g/mol. The molecule has 3 aliphatic rings. The Hall–Kier alpha value is -7.56. The number of rotatable bonds is 8. The zero-order valence-electron chi connectivity index (χ0n) is 31.7. The molecule has 0 amide bonds. The van der Waals surface area contributed by atoms with Gasteiger partial charge in [-0.2, -0.15) is 0 Å². The summed E-state index contributed by atoms with van der Waals surface area (Å²) in [5.41, 5.74) is 15.4. The molecule has 2 bridgehead atoms. The van der Waals surface area contributed by atoms with Crippen LogP contribution in [0.1, 0.15) is 44.5 Å². The van der Waals surface area contributed by atoms with Crippen LogP contribution in [0.5, 0.6) is 0 Å². The minimum atomic E-state index is -0.625. The van der Waals surface area contributed by atoms with E-state index in [-0.39, 0.29) is 0 Å². The molecule has 0 atom stereocenters. The van der Waals surface area contributed by atoms with Gasteiger partial charge in [0.2, 0.25) is 0 Å². The van der Waals surface area contributed by atoms with Gasteiger partial charge < -0.3 is 9.80 Å². The minimum absolute atomic E-state index is 0.580. The third-order valence-electron chi connectivity index (χ3n) is 12.1. The Kier molecular flexibility index (Phi) is 7.90. The van der Waals surface area contributed by atoms with E-state index in [0.717, 1.165) is 34.1 Å². The Balaban J connectivity index is 1.24. The summed E-state index contributed by atoms with van der Waals surface area (Å²) < 4.78 is 0. The Bertz CT molecular complexity index is 2740. The SMILES string of the molecule is c1ccc(N(c2ccncc2)c2cccc(C34c5ccccc5C(c5ccccc5)(c5ccccc53)c3cc(N(c5ccccc5)c5cccnc5)ccc34)c2)cc1. The molecule has 0 saturated heterocycles. The van der Waals surface area contributed by atoms with Crippen LogP contribution in [0.3, 0.4) is 0 Å². The van der Waals surface area contributed by atoms with Crippen LogP contribution in [0.15, 0.2) is 231 Å². The lowest BCUT2D eigenvalue weighted by molar-refractivity contribution is 0.557. The van der Waals surface area contributed by atoms with Crippen LogP contribution in [0.2, 0.25) is 0 Å². The van der Waals surface area contributed by atoms with Crippen molar-refractivity contribution in [1.29, 1.82) is 0 Å². The average Bonchev–Trinajstić information content (AvgIpc) is 3.31. The smallest absolute Gasteiger partial charge is 0.0712 e. The standard InChI is InChI=1S/C54H38N4/c1-4-16-39(17-5-1)53-47-25-10-12-27-49(47)54(50-28-13-11-26-48(50)53,40-18-14-23-44(36-40)57(41-19-6-2-7-20-41)43-31-34-55-35-32-43)51-30-29-45(37-52(51)53)58(42-21-8-3-9-22-42)46-24-15-33-56-38-46/h1-38H. The molecule has 9 aromatic rings. The van der Waals surface area contributed by atoms with Gasteiger partial charge in [-0.15, -0.1) is 0 Å². The number of para-hydroxylation sites is 2. The van der Waals surface area contributed by atoms with Gasteiger partial charge in [0, 0.05) is 47.0 Å². The first kappa shape index (κ1) is 33.8. The molecule has 2 heterocycles. The third kappa shape index (κ3) is 4.88. The summed E-state index contributed by atoms with van der Waals surface area (Å²) in [6.45, 7) is 0. The van der Waals surface area contributed by atoms with E-state index in [9.17, 15) is 0 Å². The molecule has 2 aromatic heterocycles. The second-order valence-corrected chi connectivity index (χ2v) is 15.0. The first-order chi connectivity index (χ1) is 28.8. The summed E-state index contributed by atoms with van der Waals surface area (Å²) in [4.78, 5) is 13.6. The summed E-state index contributed by atoms with van der Waals surface area (Å²) in [6, 6.07) is 75.3. The van der Waals surface area contributed by atoms with Crippen LogP contribution in [0, 0.1) is 0 Å². The topological polar surface area (TPSA) is 32.3 Å². The van der Waals surface area contributed by atoms with Crippen molar-refractivity contribution in [1.82, 2.24) is 9.97 Å². The zero-order chi connectivity index (χ0) is 38.5. The van der Waals surface area contributed by atoms with Crippen molar-refractivity contribution in [2.45, 2.75) is 10.8 Å². The van der Waals surface area contributed by atoms with E-state index < -0.39 is 10.8 Å². The maximum absolute atomic E-state index is 4.57. The maximum Gasteiger partial charge on any atom is 0.0712 e. The predicted octanol–water partition coefficient (Wildman–Crippen LogP) is 12.8. The normalized spacial score (nSPS) is 17.1. The molecule has 58 heavy (non-hydrogen) atoms. The quantitative estimate of drug-likeness (QED) is 0.155. The van der Waals surface area contributed by atoms with Gasteiger partial charge in [-0.05, 0) is 117 Å². The predicted molar refractivity (Wildman–Crippen MR) is 235 cm³/mol. The molecular formula is C54H38N4. The molecule has 4 nitrogen and oxygen atoms in total. The van der Waals surface area contributed by atoms with Gasteiger partial charge in [-0.3, -0.25) is 9.97 Å².